The molecule has 1 aliphatic carbocycles. The highest BCUT2D eigenvalue weighted by Gasteiger charge is 2.27. The van der Waals surface area contributed by atoms with Crippen LogP contribution in [0.3, 0.4) is 0 Å². The van der Waals surface area contributed by atoms with Crippen LogP contribution >= 0.6 is 11.3 Å². The Morgan fingerprint density at radius 1 is 1.00 bits per heavy atom. The van der Waals surface area contributed by atoms with Gasteiger partial charge in [0.25, 0.3) is 5.91 Å². The summed E-state index contributed by atoms with van der Waals surface area (Å²) in [4.78, 5) is 17.7. The van der Waals surface area contributed by atoms with Crippen molar-refractivity contribution >= 4 is 53.4 Å². The molecule has 2 heterocycles. The Balaban J connectivity index is 1.27. The molecule has 1 N–H and O–H groups in total. The number of rotatable bonds is 4. The summed E-state index contributed by atoms with van der Waals surface area (Å²) in [7, 11) is -3.49. The van der Waals surface area contributed by atoms with E-state index in [1.165, 1.54) is 44.3 Å². The van der Waals surface area contributed by atoms with Gasteiger partial charge in [-0.1, -0.05) is 29.5 Å². The average Bonchev–Trinajstić information content (AvgIpc) is 3.55. The van der Waals surface area contributed by atoms with E-state index in [4.69, 9.17) is 4.98 Å². The third-order valence-electron chi connectivity index (χ3n) is 6.39. The molecule has 0 saturated carbocycles. The minimum absolute atomic E-state index is 0.222. The maximum absolute atomic E-state index is 12.8. The second-order valence-electron chi connectivity index (χ2n) is 8.33. The fourth-order valence-corrected chi connectivity index (χ4v) is 7.24. The van der Waals surface area contributed by atoms with Crippen LogP contribution in [0.15, 0.2) is 53.4 Å². The lowest BCUT2D eigenvalue weighted by molar-refractivity contribution is 0.102. The lowest BCUT2D eigenvalue weighted by Crippen LogP contribution is -2.27. The number of hydrogen-bond acceptors (Lipinski definition) is 5. The maximum atomic E-state index is 12.8. The molecule has 8 heteroatoms. The van der Waals surface area contributed by atoms with E-state index in [9.17, 15) is 13.2 Å². The van der Waals surface area contributed by atoms with Crippen LogP contribution < -0.4 is 5.32 Å². The van der Waals surface area contributed by atoms with Crippen molar-refractivity contribution in [1.82, 2.24) is 9.29 Å². The van der Waals surface area contributed by atoms with E-state index >= 15 is 0 Å². The van der Waals surface area contributed by atoms with E-state index in [2.05, 4.69) is 29.6 Å². The van der Waals surface area contributed by atoms with Crippen molar-refractivity contribution in [3.05, 3.63) is 65.2 Å². The van der Waals surface area contributed by atoms with Gasteiger partial charge in [-0.3, -0.25) is 10.1 Å². The Kier molecular flexibility index (Phi) is 4.57. The van der Waals surface area contributed by atoms with Crippen molar-refractivity contribution in [3.8, 4) is 0 Å². The second-order valence-corrected chi connectivity index (χ2v) is 11.3. The van der Waals surface area contributed by atoms with Crippen LogP contribution in [0.2, 0.25) is 0 Å². The molecule has 1 amide bonds. The summed E-state index contributed by atoms with van der Waals surface area (Å²) in [6, 6.07) is 14.7. The van der Waals surface area contributed by atoms with Crippen molar-refractivity contribution in [1.29, 1.82) is 0 Å². The monoisotopic (exact) mass is 463 g/mol. The first kappa shape index (κ1) is 19.8. The van der Waals surface area contributed by atoms with Gasteiger partial charge < -0.3 is 0 Å². The number of amides is 1. The molecule has 162 valence electrons. The number of sulfonamides is 1. The third kappa shape index (κ3) is 3.13. The number of nitrogens with one attached hydrogen (secondary N) is 1. The Morgan fingerprint density at radius 2 is 1.75 bits per heavy atom. The van der Waals surface area contributed by atoms with Crippen LogP contribution in [0, 0.1) is 0 Å². The lowest BCUT2D eigenvalue weighted by atomic mass is 10.0. The molecule has 2 aliphatic rings. The van der Waals surface area contributed by atoms with E-state index < -0.39 is 10.0 Å². The molecule has 0 unspecified atom stereocenters. The number of hydrogen-bond donors (Lipinski definition) is 1. The van der Waals surface area contributed by atoms with Gasteiger partial charge in [0, 0.05) is 24.0 Å². The highest BCUT2D eigenvalue weighted by Crippen LogP contribution is 2.39. The predicted octanol–water partition coefficient (Wildman–Crippen LogP) is 4.58. The molecule has 0 atom stereocenters. The fraction of sp³-hybridized carbons (Fsp3) is 0.250. The molecule has 0 radical (unpaired) electrons. The molecule has 4 aromatic rings. The van der Waals surface area contributed by atoms with Crippen LogP contribution in [0.5, 0.6) is 0 Å². The number of fused-ring (bicyclic) bond motifs is 2. The van der Waals surface area contributed by atoms with Crippen molar-refractivity contribution < 1.29 is 13.2 Å². The number of nitrogens with zero attached hydrogens (tertiary/aromatic N) is 2. The summed E-state index contributed by atoms with van der Waals surface area (Å²) in [5.74, 6) is -0.300. The summed E-state index contributed by atoms with van der Waals surface area (Å²) >= 11 is 1.47. The molecule has 0 bridgehead atoms. The van der Waals surface area contributed by atoms with Gasteiger partial charge in [0.2, 0.25) is 10.0 Å². The molecule has 32 heavy (non-hydrogen) atoms. The van der Waals surface area contributed by atoms with E-state index in [1.807, 2.05) is 0 Å². The van der Waals surface area contributed by atoms with E-state index in [0.29, 0.717) is 23.8 Å². The fourth-order valence-electron chi connectivity index (χ4n) is 4.78. The maximum Gasteiger partial charge on any atom is 0.257 e. The zero-order chi connectivity index (χ0) is 21.9. The first-order valence-corrected chi connectivity index (χ1v) is 13.0. The molecular formula is C24H21N3O3S2. The van der Waals surface area contributed by atoms with Gasteiger partial charge in [0.05, 0.1) is 15.1 Å². The minimum atomic E-state index is -3.49. The van der Waals surface area contributed by atoms with Crippen molar-refractivity contribution in [2.75, 3.05) is 18.4 Å². The zero-order valence-electron chi connectivity index (χ0n) is 17.3. The minimum Gasteiger partial charge on any atom is -0.298 e. The van der Waals surface area contributed by atoms with Gasteiger partial charge in [-0.15, -0.1) is 0 Å². The van der Waals surface area contributed by atoms with Gasteiger partial charge in [-0.05, 0) is 72.5 Å². The number of thiazole rings is 1. The second kappa shape index (κ2) is 7.37. The third-order valence-corrected chi connectivity index (χ3v) is 9.22. The van der Waals surface area contributed by atoms with Gasteiger partial charge in [0.15, 0.2) is 5.13 Å². The first-order valence-electron chi connectivity index (χ1n) is 10.8. The smallest absolute Gasteiger partial charge is 0.257 e. The number of benzene rings is 3. The van der Waals surface area contributed by atoms with Crippen LogP contribution in [0.1, 0.15) is 34.3 Å². The molecule has 1 aliphatic heterocycles. The van der Waals surface area contributed by atoms with Crippen molar-refractivity contribution in [3.63, 3.8) is 0 Å². The van der Waals surface area contributed by atoms with Crippen LogP contribution in [0.25, 0.3) is 21.0 Å². The Morgan fingerprint density at radius 3 is 2.53 bits per heavy atom. The number of anilines is 1. The topological polar surface area (TPSA) is 79.4 Å². The molecule has 0 spiro atoms. The van der Waals surface area contributed by atoms with Crippen molar-refractivity contribution in [2.45, 2.75) is 30.6 Å². The number of carbonyl (C=O) groups excluding carboxylic acids is 1. The molecule has 6 rings (SSSR count). The molecule has 1 aromatic heterocycles. The Labute approximate surface area is 189 Å². The zero-order valence-corrected chi connectivity index (χ0v) is 18.9. The number of aryl methyl sites for hydroxylation is 2. The SMILES string of the molecule is O=C(Nc1nc2c(cc3c4c(cccc42)CC3)s1)c1ccc(S(=O)(=O)N2CCCC2)cc1. The molecular weight excluding hydrogens is 442 g/mol. The summed E-state index contributed by atoms with van der Waals surface area (Å²) in [5.41, 5.74) is 4.03. The summed E-state index contributed by atoms with van der Waals surface area (Å²) in [6.07, 6.45) is 3.88. The number of aromatic nitrogens is 1. The Hall–Kier alpha value is -2.81. The van der Waals surface area contributed by atoms with Gasteiger partial charge >= 0.3 is 0 Å². The highest BCUT2D eigenvalue weighted by molar-refractivity contribution is 7.89. The quantitative estimate of drug-likeness (QED) is 0.480. The molecule has 6 nitrogen and oxygen atoms in total. The number of carbonyl (C=O) groups is 1. The first-order chi connectivity index (χ1) is 15.5. The Bertz CT molecular complexity index is 1480. The van der Waals surface area contributed by atoms with Crippen LogP contribution in [-0.4, -0.2) is 36.7 Å². The van der Waals surface area contributed by atoms with Gasteiger partial charge in [0.1, 0.15) is 0 Å². The van der Waals surface area contributed by atoms with E-state index in [-0.39, 0.29) is 10.8 Å². The normalized spacial score (nSPS) is 16.2. The average molecular weight is 464 g/mol. The molecule has 1 saturated heterocycles. The highest BCUT2D eigenvalue weighted by atomic mass is 32.2. The lowest BCUT2D eigenvalue weighted by Gasteiger charge is -2.15. The van der Waals surface area contributed by atoms with E-state index in [1.54, 1.807) is 12.1 Å². The van der Waals surface area contributed by atoms with Gasteiger partial charge in [-0.25, -0.2) is 13.4 Å². The standard InChI is InChI=1S/C24H21N3O3S2/c28-23(16-8-10-18(11-9-16)32(29,30)27-12-1-2-13-27)26-24-25-22-19-5-3-4-15-6-7-17(21(15)19)14-20(22)31-24/h3-5,8-11,14H,1-2,6-7,12-13H2,(H,25,26,28). The van der Waals surface area contributed by atoms with Crippen molar-refractivity contribution in [2.24, 2.45) is 0 Å². The summed E-state index contributed by atoms with van der Waals surface area (Å²) in [6.45, 7) is 1.11. The molecule has 3 aromatic carbocycles. The summed E-state index contributed by atoms with van der Waals surface area (Å²) < 4.78 is 27.9. The van der Waals surface area contributed by atoms with Crippen LogP contribution in [-0.2, 0) is 22.9 Å². The predicted molar refractivity (Wildman–Crippen MR) is 127 cm³/mol. The van der Waals surface area contributed by atoms with Gasteiger partial charge in [-0.2, -0.15) is 4.31 Å². The van der Waals surface area contributed by atoms with Crippen LogP contribution in [0.4, 0.5) is 5.13 Å². The summed E-state index contributed by atoms with van der Waals surface area (Å²) in [5, 5.41) is 5.87. The van der Waals surface area contributed by atoms with E-state index in [0.717, 1.165) is 41.3 Å². The largest absolute Gasteiger partial charge is 0.298 e. The molecule has 1 fully saturated rings.